The van der Waals surface area contributed by atoms with Crippen LogP contribution in [-0.4, -0.2) is 49.4 Å². The molecule has 7 nitrogen and oxygen atoms in total. The molecule has 0 radical (unpaired) electrons. The summed E-state index contributed by atoms with van der Waals surface area (Å²) in [6.45, 7) is 5.38. The Labute approximate surface area is 189 Å². The van der Waals surface area contributed by atoms with Gasteiger partial charge in [-0.3, -0.25) is 14.7 Å². The fourth-order valence-corrected chi connectivity index (χ4v) is 4.14. The van der Waals surface area contributed by atoms with Gasteiger partial charge in [0.25, 0.3) is 0 Å². The average molecular weight is 462 g/mol. The topological polar surface area (TPSA) is 85.3 Å². The highest BCUT2D eigenvalue weighted by Crippen LogP contribution is 2.48. The van der Waals surface area contributed by atoms with Gasteiger partial charge in [0, 0.05) is 29.9 Å². The molecular formula is C23H25F3N4O3. The Morgan fingerprint density at radius 3 is 2.52 bits per heavy atom. The van der Waals surface area contributed by atoms with Crippen molar-refractivity contribution in [2.24, 2.45) is 5.92 Å². The van der Waals surface area contributed by atoms with E-state index in [2.05, 4.69) is 15.0 Å². The first-order chi connectivity index (χ1) is 15.4. The second kappa shape index (κ2) is 8.39. The summed E-state index contributed by atoms with van der Waals surface area (Å²) in [6, 6.07) is 3.42. The first-order valence-corrected chi connectivity index (χ1v) is 10.8. The van der Waals surface area contributed by atoms with Crippen LogP contribution >= 0.6 is 0 Å². The molecule has 1 aliphatic heterocycles. The number of aryl methyl sites for hydroxylation is 1. The Hall–Kier alpha value is -3.04. The maximum absolute atomic E-state index is 12.9. The monoisotopic (exact) mass is 462 g/mol. The summed E-state index contributed by atoms with van der Waals surface area (Å²) in [4.78, 5) is 38.9. The van der Waals surface area contributed by atoms with Crippen LogP contribution in [0.4, 0.5) is 18.0 Å². The molecule has 0 aromatic carbocycles. The fourth-order valence-electron chi connectivity index (χ4n) is 4.14. The molecule has 0 unspecified atom stereocenters. The molecule has 2 aromatic rings. The Morgan fingerprint density at radius 1 is 1.12 bits per heavy atom. The molecule has 0 spiro atoms. The molecule has 2 fully saturated rings. The number of fused-ring (bicyclic) bond motifs is 1. The molecule has 4 rings (SSSR count). The molecule has 1 saturated carbocycles. The second-order valence-electron chi connectivity index (χ2n) is 9.49. The van der Waals surface area contributed by atoms with Crippen molar-refractivity contribution in [3.8, 4) is 11.3 Å². The Kier molecular flexibility index (Phi) is 5.88. The third-order valence-corrected chi connectivity index (χ3v) is 5.78. The van der Waals surface area contributed by atoms with E-state index in [1.54, 1.807) is 31.7 Å². The number of hydrogen-bond acceptors (Lipinski definition) is 6. The number of Topliss-reactive ketones (excluding diaryl/α,β-unsaturated/α-hetero) is 1. The molecule has 1 saturated heterocycles. The van der Waals surface area contributed by atoms with Crippen molar-refractivity contribution in [1.29, 1.82) is 0 Å². The molecule has 0 N–H and O–H groups in total. The van der Waals surface area contributed by atoms with Crippen molar-refractivity contribution in [3.63, 3.8) is 0 Å². The van der Waals surface area contributed by atoms with Crippen LogP contribution in [-0.2, 0) is 22.1 Å². The van der Waals surface area contributed by atoms with Crippen molar-refractivity contribution in [3.05, 3.63) is 42.1 Å². The normalized spacial score (nSPS) is 22.1. The number of amides is 1. The number of piperidine rings is 1. The summed E-state index contributed by atoms with van der Waals surface area (Å²) >= 11 is 0. The van der Waals surface area contributed by atoms with Crippen LogP contribution in [0.25, 0.3) is 11.3 Å². The number of pyridine rings is 1. The van der Waals surface area contributed by atoms with Crippen molar-refractivity contribution >= 4 is 11.9 Å². The lowest BCUT2D eigenvalue weighted by Gasteiger charge is -2.29. The van der Waals surface area contributed by atoms with Gasteiger partial charge in [-0.2, -0.15) is 13.2 Å². The first-order valence-electron chi connectivity index (χ1n) is 10.8. The lowest BCUT2D eigenvalue weighted by molar-refractivity contribution is -0.141. The molecule has 1 aliphatic carbocycles. The van der Waals surface area contributed by atoms with Crippen molar-refractivity contribution in [2.45, 2.75) is 70.3 Å². The van der Waals surface area contributed by atoms with Gasteiger partial charge < -0.3 is 4.74 Å². The quantitative estimate of drug-likeness (QED) is 0.652. The van der Waals surface area contributed by atoms with Gasteiger partial charge in [0.1, 0.15) is 17.6 Å². The minimum atomic E-state index is -4.51. The summed E-state index contributed by atoms with van der Waals surface area (Å²) in [5.41, 5.74) is -0.186. The van der Waals surface area contributed by atoms with Gasteiger partial charge in [0.05, 0.1) is 11.7 Å². The number of ether oxygens (including phenoxy) is 1. The van der Waals surface area contributed by atoms with E-state index in [0.29, 0.717) is 35.7 Å². The van der Waals surface area contributed by atoms with Gasteiger partial charge in [0.15, 0.2) is 5.78 Å². The molecular weight excluding hydrogens is 437 g/mol. The van der Waals surface area contributed by atoms with E-state index < -0.39 is 29.6 Å². The van der Waals surface area contributed by atoms with E-state index in [0.717, 1.165) is 18.7 Å². The number of carbonyl (C=O) groups excluding carboxylic acids is 2. The number of ketones is 1. The van der Waals surface area contributed by atoms with Crippen LogP contribution in [0.3, 0.4) is 0 Å². The zero-order valence-electron chi connectivity index (χ0n) is 18.6. The highest BCUT2D eigenvalue weighted by Gasteiger charge is 2.56. The molecule has 176 valence electrons. The summed E-state index contributed by atoms with van der Waals surface area (Å²) in [6.07, 6.45) is -0.474. The largest absolute Gasteiger partial charge is 0.444 e. The fraction of sp³-hybridized carbons (Fsp3) is 0.522. The number of carbonyl (C=O) groups is 2. The van der Waals surface area contributed by atoms with Crippen molar-refractivity contribution in [2.75, 3.05) is 0 Å². The molecule has 3 heterocycles. The SMILES string of the molecule is CC(C)(C)OC(=O)N1[C@@H]2C[C@@H]2C[C@H]1C(=O)CCc1cc(-c2ccc(C(F)(F)F)nc2)ncn1. The predicted octanol–water partition coefficient (Wildman–Crippen LogP) is 4.46. The van der Waals surface area contributed by atoms with Crippen LogP contribution in [0.5, 0.6) is 0 Å². The lowest BCUT2D eigenvalue weighted by atomic mass is 10.0. The molecule has 0 bridgehead atoms. The number of nitrogens with zero attached hydrogens (tertiary/aromatic N) is 4. The Morgan fingerprint density at radius 2 is 1.88 bits per heavy atom. The van der Waals surface area contributed by atoms with E-state index in [1.165, 1.54) is 12.4 Å². The number of likely N-dealkylation sites (tertiary alicyclic amines) is 1. The summed E-state index contributed by atoms with van der Waals surface area (Å²) in [5.74, 6) is 0.300. The maximum atomic E-state index is 12.9. The van der Waals surface area contributed by atoms with Crippen LogP contribution in [0.15, 0.2) is 30.7 Å². The van der Waals surface area contributed by atoms with Gasteiger partial charge in [0.2, 0.25) is 0 Å². The highest BCUT2D eigenvalue weighted by molar-refractivity contribution is 5.89. The predicted molar refractivity (Wildman–Crippen MR) is 112 cm³/mol. The summed E-state index contributed by atoms with van der Waals surface area (Å²) in [5, 5.41) is 0. The standard InChI is InChI=1S/C23H25F3N4O3/c1-22(2,3)33-21(32)30-17-8-14(17)9-18(30)19(31)6-5-15-10-16(29-12-28-15)13-4-7-20(27-11-13)23(24,25)26/h4,7,10-12,14,17-18H,5-6,8-9H2,1-3H3/t14-,17-,18+/m1/s1. The van der Waals surface area contributed by atoms with E-state index in [4.69, 9.17) is 4.74 Å². The van der Waals surface area contributed by atoms with Gasteiger partial charge in [-0.15, -0.1) is 0 Å². The zero-order chi connectivity index (χ0) is 24.0. The van der Waals surface area contributed by atoms with Gasteiger partial charge in [-0.25, -0.2) is 14.8 Å². The molecule has 1 amide bonds. The summed E-state index contributed by atoms with van der Waals surface area (Å²) < 4.78 is 43.7. The van der Waals surface area contributed by atoms with Crippen molar-refractivity contribution in [1.82, 2.24) is 19.9 Å². The molecule has 2 aromatic heterocycles. The van der Waals surface area contributed by atoms with E-state index in [9.17, 15) is 22.8 Å². The Balaban J connectivity index is 1.40. The number of alkyl halides is 3. The molecule has 33 heavy (non-hydrogen) atoms. The number of halogens is 3. The minimum absolute atomic E-state index is 0.0515. The number of aromatic nitrogens is 3. The van der Waals surface area contributed by atoms with E-state index in [1.807, 2.05) is 0 Å². The van der Waals surface area contributed by atoms with Crippen LogP contribution in [0, 0.1) is 5.92 Å². The van der Waals surface area contributed by atoms with E-state index >= 15 is 0 Å². The van der Waals surface area contributed by atoms with Crippen LogP contribution in [0.1, 0.15) is 51.4 Å². The lowest BCUT2D eigenvalue weighted by Crippen LogP contribution is -2.45. The highest BCUT2D eigenvalue weighted by atomic mass is 19.4. The van der Waals surface area contributed by atoms with Gasteiger partial charge in [-0.1, -0.05) is 0 Å². The third kappa shape index (κ3) is 5.31. The second-order valence-corrected chi connectivity index (χ2v) is 9.49. The average Bonchev–Trinajstić information content (AvgIpc) is 3.39. The van der Waals surface area contributed by atoms with E-state index in [-0.39, 0.29) is 18.2 Å². The minimum Gasteiger partial charge on any atom is -0.444 e. The van der Waals surface area contributed by atoms with Crippen molar-refractivity contribution < 1.29 is 27.5 Å². The Bertz CT molecular complexity index is 1050. The molecule has 2 aliphatic rings. The maximum Gasteiger partial charge on any atom is 0.433 e. The smallest absolute Gasteiger partial charge is 0.433 e. The summed E-state index contributed by atoms with van der Waals surface area (Å²) in [7, 11) is 0. The number of rotatable bonds is 5. The number of hydrogen-bond donors (Lipinski definition) is 0. The zero-order valence-corrected chi connectivity index (χ0v) is 18.6. The van der Waals surface area contributed by atoms with Gasteiger partial charge in [-0.05, 0) is 64.2 Å². The van der Waals surface area contributed by atoms with Gasteiger partial charge >= 0.3 is 12.3 Å². The van der Waals surface area contributed by atoms with Crippen LogP contribution < -0.4 is 0 Å². The third-order valence-electron chi connectivity index (χ3n) is 5.78. The first kappa shape index (κ1) is 23.1. The van der Waals surface area contributed by atoms with Crippen LogP contribution in [0.2, 0.25) is 0 Å². The molecule has 3 atom stereocenters. The molecule has 10 heteroatoms.